The summed E-state index contributed by atoms with van der Waals surface area (Å²) >= 11 is 0. The molecule has 0 spiro atoms. The molecule has 1 aliphatic rings. The van der Waals surface area contributed by atoms with E-state index in [1.165, 1.54) is 0 Å². The second kappa shape index (κ2) is 6.83. The molecule has 1 aliphatic heterocycles. The second-order valence-electron chi connectivity index (χ2n) is 4.30. The molecule has 1 heterocycles. The first-order valence-corrected chi connectivity index (χ1v) is 5.84. The molecule has 0 radical (unpaired) electrons. The number of methoxy groups -OCH3 is 1. The van der Waals surface area contributed by atoms with E-state index in [1.54, 1.807) is 7.11 Å². The van der Waals surface area contributed by atoms with Crippen molar-refractivity contribution in [2.24, 2.45) is 0 Å². The number of amides is 1. The predicted octanol–water partition coefficient (Wildman–Crippen LogP) is -0.615. The van der Waals surface area contributed by atoms with Crippen molar-refractivity contribution >= 4 is 5.91 Å². The molecule has 0 bridgehead atoms. The van der Waals surface area contributed by atoms with Gasteiger partial charge < -0.3 is 15.0 Å². The number of piperazine rings is 1. The zero-order valence-corrected chi connectivity index (χ0v) is 10.5. The molecule has 16 heavy (non-hydrogen) atoms. The Kier molecular flexibility index (Phi) is 5.73. The van der Waals surface area contributed by atoms with Crippen LogP contribution in [-0.2, 0) is 9.53 Å². The lowest BCUT2D eigenvalue weighted by molar-refractivity contribution is -0.126. The molecule has 94 valence electrons. The van der Waals surface area contributed by atoms with Gasteiger partial charge in [0.1, 0.15) is 0 Å². The number of nitrogens with zero attached hydrogens (tertiary/aromatic N) is 2. The third-order valence-corrected chi connectivity index (χ3v) is 3.07. The predicted molar refractivity (Wildman–Crippen MR) is 63.4 cm³/mol. The molecule has 5 heteroatoms. The number of hydrogen-bond acceptors (Lipinski definition) is 4. The summed E-state index contributed by atoms with van der Waals surface area (Å²) in [5.41, 5.74) is 0. The Hall–Kier alpha value is -0.650. The van der Waals surface area contributed by atoms with Crippen molar-refractivity contribution in [3.8, 4) is 0 Å². The number of hydrogen-bond donors (Lipinski definition) is 1. The molecule has 1 N–H and O–H groups in total. The molecule has 0 saturated carbocycles. The Morgan fingerprint density at radius 2 is 2.00 bits per heavy atom. The van der Waals surface area contributed by atoms with Gasteiger partial charge in [-0.1, -0.05) is 0 Å². The first kappa shape index (κ1) is 13.4. The van der Waals surface area contributed by atoms with E-state index >= 15 is 0 Å². The molecule has 0 aromatic heterocycles. The maximum atomic E-state index is 11.8. The molecule has 5 nitrogen and oxygen atoms in total. The van der Waals surface area contributed by atoms with Crippen LogP contribution >= 0.6 is 0 Å². The summed E-state index contributed by atoms with van der Waals surface area (Å²) in [6.07, 6.45) is 0. The van der Waals surface area contributed by atoms with Crippen molar-refractivity contribution in [1.29, 1.82) is 0 Å². The average molecular weight is 229 g/mol. The Balaban J connectivity index is 2.27. The standard InChI is InChI=1S/C11H23N3O2/c1-10(11(15)12-4-9-16-3)14-7-5-13(2)6-8-14/h10H,4-9H2,1-3H3,(H,12,15)/t10-/m0/s1. The van der Waals surface area contributed by atoms with Gasteiger partial charge in [-0.05, 0) is 14.0 Å². The van der Waals surface area contributed by atoms with Gasteiger partial charge in [-0.2, -0.15) is 0 Å². The van der Waals surface area contributed by atoms with E-state index < -0.39 is 0 Å². The van der Waals surface area contributed by atoms with Gasteiger partial charge in [0.15, 0.2) is 0 Å². The highest BCUT2D eigenvalue weighted by Crippen LogP contribution is 2.04. The number of nitrogens with one attached hydrogen (secondary N) is 1. The number of likely N-dealkylation sites (N-methyl/N-ethyl adjacent to an activating group) is 1. The molecule has 1 amide bonds. The van der Waals surface area contributed by atoms with Crippen molar-refractivity contribution in [2.45, 2.75) is 13.0 Å². The minimum atomic E-state index is -0.0365. The van der Waals surface area contributed by atoms with E-state index in [1.807, 2.05) is 6.92 Å². The molecule has 1 atom stereocenters. The van der Waals surface area contributed by atoms with Gasteiger partial charge in [0, 0.05) is 39.8 Å². The van der Waals surface area contributed by atoms with Gasteiger partial charge in [-0.15, -0.1) is 0 Å². The largest absolute Gasteiger partial charge is 0.383 e. The molecular weight excluding hydrogens is 206 g/mol. The molecule has 1 saturated heterocycles. The van der Waals surface area contributed by atoms with Crippen LogP contribution in [-0.4, -0.2) is 75.2 Å². The fraction of sp³-hybridized carbons (Fsp3) is 0.909. The number of carbonyl (C=O) groups excluding carboxylic acids is 1. The average Bonchev–Trinajstić information content (AvgIpc) is 2.29. The van der Waals surface area contributed by atoms with Gasteiger partial charge >= 0.3 is 0 Å². The Morgan fingerprint density at radius 1 is 1.38 bits per heavy atom. The van der Waals surface area contributed by atoms with Crippen LogP contribution in [0.2, 0.25) is 0 Å². The van der Waals surface area contributed by atoms with E-state index in [0.29, 0.717) is 13.2 Å². The van der Waals surface area contributed by atoms with E-state index in [-0.39, 0.29) is 11.9 Å². The summed E-state index contributed by atoms with van der Waals surface area (Å²) in [6, 6.07) is -0.0365. The van der Waals surface area contributed by atoms with Gasteiger partial charge in [0.05, 0.1) is 12.6 Å². The van der Waals surface area contributed by atoms with Crippen LogP contribution in [0.25, 0.3) is 0 Å². The van der Waals surface area contributed by atoms with Gasteiger partial charge in [0.2, 0.25) is 5.91 Å². The molecule has 0 aromatic rings. The van der Waals surface area contributed by atoms with Crippen LogP contribution in [0.3, 0.4) is 0 Å². The Bertz CT molecular complexity index is 215. The summed E-state index contributed by atoms with van der Waals surface area (Å²) in [7, 11) is 3.75. The Labute approximate surface area is 97.7 Å². The first-order chi connectivity index (χ1) is 7.65. The maximum Gasteiger partial charge on any atom is 0.237 e. The van der Waals surface area contributed by atoms with Gasteiger partial charge in [-0.3, -0.25) is 9.69 Å². The molecule has 1 rings (SSSR count). The van der Waals surface area contributed by atoms with Crippen LogP contribution in [0.5, 0.6) is 0 Å². The van der Waals surface area contributed by atoms with E-state index in [0.717, 1.165) is 26.2 Å². The second-order valence-corrected chi connectivity index (χ2v) is 4.30. The number of carbonyl (C=O) groups is 1. The van der Waals surface area contributed by atoms with Crippen molar-refractivity contribution in [3.63, 3.8) is 0 Å². The zero-order chi connectivity index (χ0) is 12.0. The summed E-state index contributed by atoms with van der Waals surface area (Å²) in [6.45, 7) is 7.14. The highest BCUT2D eigenvalue weighted by atomic mass is 16.5. The lowest BCUT2D eigenvalue weighted by atomic mass is 10.2. The minimum Gasteiger partial charge on any atom is -0.383 e. The van der Waals surface area contributed by atoms with E-state index in [2.05, 4.69) is 22.2 Å². The first-order valence-electron chi connectivity index (χ1n) is 5.84. The van der Waals surface area contributed by atoms with Crippen LogP contribution in [0.15, 0.2) is 0 Å². The number of ether oxygens (including phenoxy) is 1. The van der Waals surface area contributed by atoms with E-state index in [4.69, 9.17) is 4.74 Å². The molecule has 0 aromatic carbocycles. The van der Waals surface area contributed by atoms with Crippen LogP contribution < -0.4 is 5.32 Å². The van der Waals surface area contributed by atoms with Gasteiger partial charge in [-0.25, -0.2) is 0 Å². The lowest BCUT2D eigenvalue weighted by Gasteiger charge is -2.35. The van der Waals surface area contributed by atoms with Crippen LogP contribution in [0, 0.1) is 0 Å². The SMILES string of the molecule is COCCNC(=O)[C@H](C)N1CCN(C)CC1. The molecule has 0 aliphatic carbocycles. The third-order valence-electron chi connectivity index (χ3n) is 3.07. The molecular formula is C11H23N3O2. The van der Waals surface area contributed by atoms with Crippen molar-refractivity contribution < 1.29 is 9.53 Å². The van der Waals surface area contributed by atoms with Crippen molar-refractivity contribution in [1.82, 2.24) is 15.1 Å². The summed E-state index contributed by atoms with van der Waals surface area (Å²) < 4.78 is 4.90. The fourth-order valence-corrected chi connectivity index (χ4v) is 1.80. The third kappa shape index (κ3) is 4.08. The zero-order valence-electron chi connectivity index (χ0n) is 10.5. The fourth-order valence-electron chi connectivity index (χ4n) is 1.80. The normalized spacial score (nSPS) is 20.7. The number of rotatable bonds is 5. The van der Waals surface area contributed by atoms with Gasteiger partial charge in [0.25, 0.3) is 0 Å². The monoisotopic (exact) mass is 229 g/mol. The molecule has 0 unspecified atom stereocenters. The Morgan fingerprint density at radius 3 is 2.56 bits per heavy atom. The smallest absolute Gasteiger partial charge is 0.237 e. The van der Waals surface area contributed by atoms with Crippen LogP contribution in [0.1, 0.15) is 6.92 Å². The highest BCUT2D eigenvalue weighted by Gasteiger charge is 2.23. The maximum absolute atomic E-state index is 11.8. The summed E-state index contributed by atoms with van der Waals surface area (Å²) in [5.74, 6) is 0.0987. The summed E-state index contributed by atoms with van der Waals surface area (Å²) in [5, 5.41) is 2.87. The molecule has 1 fully saturated rings. The quantitative estimate of drug-likeness (QED) is 0.639. The summed E-state index contributed by atoms with van der Waals surface area (Å²) in [4.78, 5) is 16.3. The lowest BCUT2D eigenvalue weighted by Crippen LogP contribution is -2.53. The van der Waals surface area contributed by atoms with Crippen molar-refractivity contribution in [2.75, 3.05) is 53.5 Å². The highest BCUT2D eigenvalue weighted by molar-refractivity contribution is 5.81. The topological polar surface area (TPSA) is 44.8 Å². The van der Waals surface area contributed by atoms with Crippen molar-refractivity contribution in [3.05, 3.63) is 0 Å². The van der Waals surface area contributed by atoms with Crippen LogP contribution in [0.4, 0.5) is 0 Å². The minimum absolute atomic E-state index is 0.0365. The van der Waals surface area contributed by atoms with E-state index in [9.17, 15) is 4.79 Å².